The molecule has 1 aliphatic carbocycles. The number of carbonyl (C=O) groups is 2. The first-order chi connectivity index (χ1) is 17.5. The highest BCUT2D eigenvalue weighted by molar-refractivity contribution is 6.30. The molecule has 0 bridgehead atoms. The standard InChI is InChI=1S/C31H35ClN2O2/c1-23-15-17-25(18-16-23)22-34(30(35)21-26-11-8-12-27(32)19-26)29(20-24-9-4-2-5-10-24)31(36)33-28-13-6-3-7-14-28/h2,4-5,8-12,15-19,28-29H,3,6-7,13-14,20-22H2,1H3,(H,33,36)/t29-/m0/s1. The zero-order valence-electron chi connectivity index (χ0n) is 21.0. The van der Waals surface area contributed by atoms with Crippen LogP contribution in [0.5, 0.6) is 0 Å². The number of hydrogen-bond acceptors (Lipinski definition) is 2. The number of nitrogens with zero attached hydrogens (tertiary/aromatic N) is 1. The fourth-order valence-corrected chi connectivity index (χ4v) is 5.12. The molecule has 1 N–H and O–H groups in total. The van der Waals surface area contributed by atoms with E-state index in [0.717, 1.165) is 47.9 Å². The lowest BCUT2D eigenvalue weighted by Crippen LogP contribution is -2.53. The van der Waals surface area contributed by atoms with Gasteiger partial charge in [-0.05, 0) is 48.6 Å². The zero-order chi connectivity index (χ0) is 25.3. The van der Waals surface area contributed by atoms with Crippen molar-refractivity contribution in [2.45, 2.75) is 70.5 Å². The molecule has 1 atom stereocenters. The van der Waals surface area contributed by atoms with Gasteiger partial charge in [-0.3, -0.25) is 9.59 Å². The van der Waals surface area contributed by atoms with E-state index >= 15 is 0 Å². The molecule has 0 aromatic heterocycles. The third-order valence-electron chi connectivity index (χ3n) is 6.94. The van der Waals surface area contributed by atoms with E-state index in [4.69, 9.17) is 11.6 Å². The van der Waals surface area contributed by atoms with Crippen LogP contribution in [0, 0.1) is 6.92 Å². The molecule has 0 radical (unpaired) electrons. The quantitative estimate of drug-likeness (QED) is 0.374. The van der Waals surface area contributed by atoms with Crippen molar-refractivity contribution >= 4 is 23.4 Å². The smallest absolute Gasteiger partial charge is 0.243 e. The Hall–Kier alpha value is -3.11. The minimum atomic E-state index is -0.609. The first-order valence-electron chi connectivity index (χ1n) is 12.9. The molecule has 0 spiro atoms. The minimum absolute atomic E-state index is 0.0719. The van der Waals surface area contributed by atoms with Crippen LogP contribution in [-0.4, -0.2) is 28.8 Å². The van der Waals surface area contributed by atoms with E-state index in [-0.39, 0.29) is 24.3 Å². The summed E-state index contributed by atoms with van der Waals surface area (Å²) in [5.41, 5.74) is 4.04. The van der Waals surface area contributed by atoms with Gasteiger partial charge in [0.1, 0.15) is 6.04 Å². The van der Waals surface area contributed by atoms with Crippen LogP contribution in [-0.2, 0) is 29.0 Å². The summed E-state index contributed by atoms with van der Waals surface area (Å²) >= 11 is 6.19. The molecular weight excluding hydrogens is 468 g/mol. The Morgan fingerprint density at radius 3 is 2.28 bits per heavy atom. The second-order valence-electron chi connectivity index (χ2n) is 9.86. The van der Waals surface area contributed by atoms with Crippen LogP contribution >= 0.6 is 11.6 Å². The van der Waals surface area contributed by atoms with Crippen molar-refractivity contribution in [3.05, 3.63) is 106 Å². The summed E-state index contributed by atoms with van der Waals surface area (Å²) in [5.74, 6) is -0.158. The van der Waals surface area contributed by atoms with Gasteiger partial charge >= 0.3 is 0 Å². The second-order valence-corrected chi connectivity index (χ2v) is 10.3. The Morgan fingerprint density at radius 1 is 0.889 bits per heavy atom. The lowest BCUT2D eigenvalue weighted by atomic mass is 9.94. The first kappa shape index (κ1) is 26.0. The number of nitrogens with one attached hydrogen (secondary N) is 1. The van der Waals surface area contributed by atoms with E-state index in [0.29, 0.717) is 18.0 Å². The molecule has 2 amide bonds. The van der Waals surface area contributed by atoms with Crippen molar-refractivity contribution in [1.29, 1.82) is 0 Å². The highest BCUT2D eigenvalue weighted by Crippen LogP contribution is 2.21. The van der Waals surface area contributed by atoms with Crippen molar-refractivity contribution in [3.63, 3.8) is 0 Å². The molecule has 0 unspecified atom stereocenters. The minimum Gasteiger partial charge on any atom is -0.352 e. The van der Waals surface area contributed by atoms with Crippen LogP contribution in [0.2, 0.25) is 5.02 Å². The molecule has 3 aromatic carbocycles. The predicted octanol–water partition coefficient (Wildman–Crippen LogP) is 6.28. The topological polar surface area (TPSA) is 49.4 Å². The Kier molecular flexibility index (Phi) is 9.18. The van der Waals surface area contributed by atoms with Gasteiger partial charge in [-0.1, -0.05) is 103 Å². The van der Waals surface area contributed by atoms with Crippen molar-refractivity contribution in [2.24, 2.45) is 0 Å². The largest absolute Gasteiger partial charge is 0.352 e. The summed E-state index contributed by atoms with van der Waals surface area (Å²) < 4.78 is 0. The van der Waals surface area contributed by atoms with E-state index in [1.807, 2.05) is 79.7 Å². The van der Waals surface area contributed by atoms with Gasteiger partial charge in [-0.15, -0.1) is 0 Å². The van der Waals surface area contributed by atoms with E-state index in [2.05, 4.69) is 5.32 Å². The lowest BCUT2D eigenvalue weighted by molar-refractivity contribution is -0.141. The SMILES string of the molecule is Cc1ccc(CN(C(=O)Cc2cccc(Cl)c2)[C@@H](Cc2ccccc2)C(=O)NC2CCCCC2)cc1. The molecule has 0 aliphatic heterocycles. The third kappa shape index (κ3) is 7.44. The first-order valence-corrected chi connectivity index (χ1v) is 13.3. The number of amides is 2. The number of rotatable bonds is 9. The molecule has 36 heavy (non-hydrogen) atoms. The second kappa shape index (κ2) is 12.7. The average Bonchev–Trinajstić information content (AvgIpc) is 2.88. The van der Waals surface area contributed by atoms with Crippen LogP contribution in [0.1, 0.15) is 54.4 Å². The highest BCUT2D eigenvalue weighted by Gasteiger charge is 2.32. The van der Waals surface area contributed by atoms with E-state index in [9.17, 15) is 9.59 Å². The van der Waals surface area contributed by atoms with Gasteiger partial charge in [-0.25, -0.2) is 0 Å². The Morgan fingerprint density at radius 2 is 1.58 bits per heavy atom. The van der Waals surface area contributed by atoms with Gasteiger partial charge < -0.3 is 10.2 Å². The van der Waals surface area contributed by atoms with Crippen LogP contribution in [0.25, 0.3) is 0 Å². The summed E-state index contributed by atoms with van der Waals surface area (Å²) in [4.78, 5) is 29.4. The lowest BCUT2D eigenvalue weighted by Gasteiger charge is -2.33. The Balaban J connectivity index is 1.65. The molecule has 1 saturated carbocycles. The van der Waals surface area contributed by atoms with E-state index in [1.165, 1.54) is 6.42 Å². The summed E-state index contributed by atoms with van der Waals surface area (Å²) in [6.45, 7) is 2.41. The van der Waals surface area contributed by atoms with Gasteiger partial charge in [0.2, 0.25) is 11.8 Å². The number of carbonyl (C=O) groups excluding carboxylic acids is 2. The monoisotopic (exact) mass is 502 g/mol. The van der Waals surface area contributed by atoms with Crippen molar-refractivity contribution in [1.82, 2.24) is 10.2 Å². The summed E-state index contributed by atoms with van der Waals surface area (Å²) in [5, 5.41) is 3.89. The average molecular weight is 503 g/mol. The molecule has 3 aromatic rings. The number of halogens is 1. The predicted molar refractivity (Wildman–Crippen MR) is 146 cm³/mol. The maximum Gasteiger partial charge on any atom is 0.243 e. The number of benzene rings is 3. The highest BCUT2D eigenvalue weighted by atomic mass is 35.5. The number of hydrogen-bond donors (Lipinski definition) is 1. The van der Waals surface area contributed by atoms with Crippen molar-refractivity contribution in [2.75, 3.05) is 0 Å². The molecule has 4 nitrogen and oxygen atoms in total. The van der Waals surface area contributed by atoms with Crippen molar-refractivity contribution < 1.29 is 9.59 Å². The van der Waals surface area contributed by atoms with E-state index < -0.39 is 6.04 Å². The molecule has 0 heterocycles. The molecule has 1 fully saturated rings. The van der Waals surface area contributed by atoms with Gasteiger partial charge in [0.15, 0.2) is 0 Å². The van der Waals surface area contributed by atoms with Gasteiger partial charge in [0.05, 0.1) is 6.42 Å². The molecule has 188 valence electrons. The molecule has 0 saturated heterocycles. The molecule has 1 aliphatic rings. The molecular formula is C31H35ClN2O2. The van der Waals surface area contributed by atoms with Gasteiger partial charge in [0, 0.05) is 24.0 Å². The van der Waals surface area contributed by atoms with Crippen LogP contribution in [0.4, 0.5) is 0 Å². The zero-order valence-corrected chi connectivity index (χ0v) is 21.7. The normalized spacial score (nSPS) is 14.7. The summed E-state index contributed by atoms with van der Waals surface area (Å²) in [7, 11) is 0. The van der Waals surface area contributed by atoms with E-state index in [1.54, 1.807) is 11.0 Å². The van der Waals surface area contributed by atoms with Crippen LogP contribution in [0.15, 0.2) is 78.9 Å². The summed E-state index contributed by atoms with van der Waals surface area (Å²) in [6, 6.07) is 25.1. The maximum absolute atomic E-state index is 13.8. The van der Waals surface area contributed by atoms with Crippen LogP contribution < -0.4 is 5.32 Å². The van der Waals surface area contributed by atoms with Gasteiger partial charge in [0.25, 0.3) is 0 Å². The molecule has 5 heteroatoms. The Bertz CT molecular complexity index is 1140. The maximum atomic E-state index is 13.8. The number of aryl methyl sites for hydroxylation is 1. The Labute approximate surface area is 219 Å². The van der Waals surface area contributed by atoms with Gasteiger partial charge in [-0.2, -0.15) is 0 Å². The third-order valence-corrected chi connectivity index (χ3v) is 7.18. The fourth-order valence-electron chi connectivity index (χ4n) is 4.91. The van der Waals surface area contributed by atoms with Crippen LogP contribution in [0.3, 0.4) is 0 Å². The molecule has 4 rings (SSSR count). The summed E-state index contributed by atoms with van der Waals surface area (Å²) in [6.07, 6.45) is 6.14. The van der Waals surface area contributed by atoms with Crippen molar-refractivity contribution in [3.8, 4) is 0 Å². The fraction of sp³-hybridized carbons (Fsp3) is 0.355.